The van der Waals surface area contributed by atoms with Gasteiger partial charge in [0, 0.05) is 6.54 Å². The van der Waals surface area contributed by atoms with E-state index in [1.807, 2.05) is 45.0 Å². The van der Waals surface area contributed by atoms with Crippen LogP contribution in [0.2, 0.25) is 0 Å². The molecular formula is C17H27NO3. The zero-order valence-corrected chi connectivity index (χ0v) is 13.5. The molecule has 4 nitrogen and oxygen atoms in total. The van der Waals surface area contributed by atoms with Crippen LogP contribution in [-0.4, -0.2) is 24.7 Å². The number of ether oxygens (including phenoxy) is 2. The molecule has 0 radical (unpaired) electrons. The van der Waals surface area contributed by atoms with Gasteiger partial charge in [0.15, 0.2) is 0 Å². The summed E-state index contributed by atoms with van der Waals surface area (Å²) in [6.45, 7) is 8.56. The van der Waals surface area contributed by atoms with Crippen molar-refractivity contribution in [2.45, 2.75) is 52.1 Å². The van der Waals surface area contributed by atoms with Crippen LogP contribution < -0.4 is 10.5 Å². The van der Waals surface area contributed by atoms with E-state index in [0.717, 1.165) is 24.2 Å². The van der Waals surface area contributed by atoms with Crippen LogP contribution in [-0.2, 0) is 9.53 Å². The van der Waals surface area contributed by atoms with Crippen molar-refractivity contribution >= 4 is 5.97 Å². The number of hydrogen-bond acceptors (Lipinski definition) is 4. The third-order valence-corrected chi connectivity index (χ3v) is 2.95. The van der Waals surface area contributed by atoms with Crippen molar-refractivity contribution < 1.29 is 14.3 Å². The number of hydrogen-bond donors (Lipinski definition) is 1. The Morgan fingerprint density at radius 3 is 2.62 bits per heavy atom. The minimum atomic E-state index is -0.514. The third kappa shape index (κ3) is 6.17. The fourth-order valence-electron chi connectivity index (χ4n) is 1.90. The lowest BCUT2D eigenvalue weighted by atomic mass is 9.99. The summed E-state index contributed by atoms with van der Waals surface area (Å²) in [5.41, 5.74) is 6.07. The number of esters is 1. The molecule has 0 aliphatic heterocycles. The number of rotatable bonds is 7. The van der Waals surface area contributed by atoms with Crippen molar-refractivity contribution in [3.05, 3.63) is 29.8 Å². The molecule has 0 fully saturated rings. The zero-order valence-electron chi connectivity index (χ0n) is 13.5. The molecular weight excluding hydrogens is 266 g/mol. The summed E-state index contributed by atoms with van der Waals surface area (Å²) >= 11 is 0. The highest BCUT2D eigenvalue weighted by atomic mass is 16.6. The van der Waals surface area contributed by atoms with E-state index in [1.165, 1.54) is 0 Å². The molecule has 0 spiro atoms. The maximum absolute atomic E-state index is 12.2. The topological polar surface area (TPSA) is 61.5 Å². The van der Waals surface area contributed by atoms with Gasteiger partial charge < -0.3 is 15.2 Å². The van der Waals surface area contributed by atoms with Crippen LogP contribution in [0.5, 0.6) is 5.75 Å². The second kappa shape index (κ2) is 8.03. The van der Waals surface area contributed by atoms with E-state index in [-0.39, 0.29) is 12.5 Å². The molecule has 1 aromatic rings. The van der Waals surface area contributed by atoms with E-state index in [2.05, 4.69) is 6.92 Å². The molecule has 0 aliphatic rings. The van der Waals surface area contributed by atoms with Gasteiger partial charge in [-0.05, 0) is 44.9 Å². The predicted molar refractivity (Wildman–Crippen MR) is 84.5 cm³/mol. The number of carbonyl (C=O) groups excluding carboxylic acids is 1. The Morgan fingerprint density at radius 2 is 2.05 bits per heavy atom. The molecule has 1 atom stereocenters. The third-order valence-electron chi connectivity index (χ3n) is 2.95. The Balaban J connectivity index is 2.80. The molecule has 1 aromatic carbocycles. The maximum atomic E-state index is 12.2. The molecule has 0 heterocycles. The fraction of sp³-hybridized carbons (Fsp3) is 0.588. The van der Waals surface area contributed by atoms with Crippen molar-refractivity contribution in [2.24, 2.45) is 5.73 Å². The van der Waals surface area contributed by atoms with Crippen molar-refractivity contribution in [1.29, 1.82) is 0 Å². The molecule has 0 bridgehead atoms. The predicted octanol–water partition coefficient (Wildman–Crippen LogP) is 3.25. The summed E-state index contributed by atoms with van der Waals surface area (Å²) in [6, 6.07) is 7.52. The molecule has 0 aromatic heterocycles. The van der Waals surface area contributed by atoms with Gasteiger partial charge in [0.05, 0.1) is 12.5 Å². The Labute approximate surface area is 127 Å². The molecule has 0 aliphatic carbocycles. The van der Waals surface area contributed by atoms with Gasteiger partial charge in [-0.15, -0.1) is 0 Å². The smallest absolute Gasteiger partial charge is 0.315 e. The molecule has 0 saturated heterocycles. The highest BCUT2D eigenvalue weighted by Gasteiger charge is 2.25. The van der Waals surface area contributed by atoms with Crippen LogP contribution in [0.4, 0.5) is 0 Å². The molecule has 1 rings (SSSR count). The second-order valence-electron chi connectivity index (χ2n) is 6.10. The number of carbonyl (C=O) groups is 1. The van der Waals surface area contributed by atoms with Gasteiger partial charge >= 0.3 is 5.97 Å². The van der Waals surface area contributed by atoms with Crippen LogP contribution in [0.25, 0.3) is 0 Å². The van der Waals surface area contributed by atoms with Crippen molar-refractivity contribution in [3.63, 3.8) is 0 Å². The monoisotopic (exact) mass is 293 g/mol. The molecule has 118 valence electrons. The van der Waals surface area contributed by atoms with E-state index < -0.39 is 11.5 Å². The lowest BCUT2D eigenvalue weighted by Gasteiger charge is -2.23. The van der Waals surface area contributed by atoms with Crippen molar-refractivity contribution in [2.75, 3.05) is 13.2 Å². The van der Waals surface area contributed by atoms with Gasteiger partial charge in [0.1, 0.15) is 11.4 Å². The molecule has 2 N–H and O–H groups in total. The zero-order chi connectivity index (χ0) is 15.9. The minimum Gasteiger partial charge on any atom is -0.494 e. The summed E-state index contributed by atoms with van der Waals surface area (Å²) in [6.07, 6.45) is 2.10. The average Bonchev–Trinajstić information content (AvgIpc) is 2.38. The normalized spacial score (nSPS) is 12.8. The Morgan fingerprint density at radius 1 is 1.33 bits per heavy atom. The summed E-state index contributed by atoms with van der Waals surface area (Å²) in [7, 11) is 0. The maximum Gasteiger partial charge on any atom is 0.315 e. The molecule has 4 heteroatoms. The summed E-state index contributed by atoms with van der Waals surface area (Å²) in [4.78, 5) is 12.2. The van der Waals surface area contributed by atoms with Gasteiger partial charge in [0.25, 0.3) is 0 Å². The molecule has 0 amide bonds. The van der Waals surface area contributed by atoms with Crippen LogP contribution >= 0.6 is 0 Å². The van der Waals surface area contributed by atoms with E-state index in [0.29, 0.717) is 6.61 Å². The lowest BCUT2D eigenvalue weighted by molar-refractivity contribution is -0.156. The average molecular weight is 293 g/mol. The van der Waals surface area contributed by atoms with Gasteiger partial charge in [0.2, 0.25) is 0 Å². The van der Waals surface area contributed by atoms with Crippen LogP contribution in [0.1, 0.15) is 52.0 Å². The number of benzene rings is 1. The SMILES string of the molecule is CCCCOc1cccc(C(CN)C(=O)OC(C)(C)C)c1. The van der Waals surface area contributed by atoms with E-state index in [9.17, 15) is 4.79 Å². The Kier molecular flexibility index (Phi) is 6.69. The minimum absolute atomic E-state index is 0.216. The molecule has 0 saturated carbocycles. The van der Waals surface area contributed by atoms with E-state index in [1.54, 1.807) is 0 Å². The first kappa shape index (κ1) is 17.5. The van der Waals surface area contributed by atoms with Gasteiger partial charge in [-0.3, -0.25) is 4.79 Å². The van der Waals surface area contributed by atoms with Gasteiger partial charge in [-0.25, -0.2) is 0 Å². The summed E-state index contributed by atoms with van der Waals surface area (Å²) in [5.74, 6) is 0.0117. The largest absolute Gasteiger partial charge is 0.494 e. The van der Waals surface area contributed by atoms with Gasteiger partial charge in [-0.2, -0.15) is 0 Å². The van der Waals surface area contributed by atoms with Crippen LogP contribution in [0, 0.1) is 0 Å². The second-order valence-corrected chi connectivity index (χ2v) is 6.10. The van der Waals surface area contributed by atoms with Crippen molar-refractivity contribution in [1.82, 2.24) is 0 Å². The number of unbranched alkanes of at least 4 members (excludes halogenated alkanes) is 1. The summed E-state index contributed by atoms with van der Waals surface area (Å²) < 4.78 is 11.1. The van der Waals surface area contributed by atoms with Crippen LogP contribution in [0.3, 0.4) is 0 Å². The quantitative estimate of drug-likeness (QED) is 0.619. The standard InChI is InChI=1S/C17H27NO3/c1-5-6-10-20-14-9-7-8-13(11-14)15(12-18)16(19)21-17(2,3)4/h7-9,11,15H,5-6,10,12,18H2,1-4H3. The van der Waals surface area contributed by atoms with Gasteiger partial charge in [-0.1, -0.05) is 25.5 Å². The summed E-state index contributed by atoms with van der Waals surface area (Å²) in [5, 5.41) is 0. The lowest BCUT2D eigenvalue weighted by Crippen LogP contribution is -2.31. The number of nitrogens with two attached hydrogens (primary N) is 1. The molecule has 1 unspecified atom stereocenters. The Hall–Kier alpha value is -1.55. The van der Waals surface area contributed by atoms with Crippen molar-refractivity contribution in [3.8, 4) is 5.75 Å². The van der Waals surface area contributed by atoms with Crippen LogP contribution in [0.15, 0.2) is 24.3 Å². The fourth-order valence-corrected chi connectivity index (χ4v) is 1.90. The molecule has 21 heavy (non-hydrogen) atoms. The highest BCUT2D eigenvalue weighted by Crippen LogP contribution is 2.23. The van der Waals surface area contributed by atoms with E-state index in [4.69, 9.17) is 15.2 Å². The first-order chi connectivity index (χ1) is 9.87. The first-order valence-corrected chi connectivity index (χ1v) is 7.53. The first-order valence-electron chi connectivity index (χ1n) is 7.53. The Bertz CT molecular complexity index is 452. The highest BCUT2D eigenvalue weighted by molar-refractivity contribution is 5.79. The van der Waals surface area contributed by atoms with E-state index >= 15 is 0 Å².